The molecule has 0 atom stereocenters. The van der Waals surface area contributed by atoms with E-state index in [-0.39, 0.29) is 11.6 Å². The van der Waals surface area contributed by atoms with E-state index < -0.39 is 0 Å². The van der Waals surface area contributed by atoms with Crippen LogP contribution in [0.15, 0.2) is 63.7 Å². The molecule has 0 radical (unpaired) electrons. The largest absolute Gasteiger partial charge is 0.461 e. The highest BCUT2D eigenvalue weighted by Gasteiger charge is 2.17. The fourth-order valence-electron chi connectivity index (χ4n) is 3.08. The minimum Gasteiger partial charge on any atom is -0.461 e. The summed E-state index contributed by atoms with van der Waals surface area (Å²) in [6.45, 7) is 5.02. The first-order valence-electron chi connectivity index (χ1n) is 8.97. The third-order valence-electron chi connectivity index (χ3n) is 4.64. The van der Waals surface area contributed by atoms with Gasteiger partial charge in [0, 0.05) is 23.9 Å². The van der Waals surface area contributed by atoms with Gasteiger partial charge >= 0.3 is 0 Å². The Morgan fingerprint density at radius 1 is 1.11 bits per heavy atom. The summed E-state index contributed by atoms with van der Waals surface area (Å²) in [7, 11) is 0. The second-order valence-electron chi connectivity index (χ2n) is 6.53. The van der Waals surface area contributed by atoms with Gasteiger partial charge in [0.25, 0.3) is 5.91 Å². The molecule has 0 unspecified atom stereocenters. The van der Waals surface area contributed by atoms with Crippen molar-refractivity contribution >= 4 is 5.91 Å². The molecule has 1 aromatic carbocycles. The van der Waals surface area contributed by atoms with Crippen LogP contribution in [0, 0.1) is 13.8 Å². The molecule has 7 heteroatoms. The molecule has 0 aliphatic heterocycles. The highest BCUT2D eigenvalue weighted by atomic mass is 16.5. The minimum absolute atomic E-state index is 0.207. The van der Waals surface area contributed by atoms with E-state index in [0.717, 1.165) is 17.0 Å². The smallest absolute Gasteiger partial charge is 0.273 e. The number of hydrogen-bond acceptors (Lipinski definition) is 5. The van der Waals surface area contributed by atoms with Crippen LogP contribution < -0.4 is 5.32 Å². The fourth-order valence-corrected chi connectivity index (χ4v) is 3.08. The minimum atomic E-state index is -0.309. The van der Waals surface area contributed by atoms with E-state index in [9.17, 15) is 4.79 Å². The molecule has 4 aromatic rings. The van der Waals surface area contributed by atoms with Crippen LogP contribution in [0.25, 0.3) is 11.5 Å². The predicted octanol–water partition coefficient (Wildman–Crippen LogP) is 3.73. The van der Waals surface area contributed by atoms with Gasteiger partial charge in [-0.1, -0.05) is 35.5 Å². The van der Waals surface area contributed by atoms with Gasteiger partial charge in [-0.05, 0) is 31.5 Å². The monoisotopic (exact) mass is 376 g/mol. The van der Waals surface area contributed by atoms with Gasteiger partial charge in [-0.15, -0.1) is 0 Å². The number of hydrogen-bond donors (Lipinski definition) is 1. The highest BCUT2D eigenvalue weighted by molar-refractivity contribution is 5.92. The SMILES string of the molecule is Cc1nn(Cc2ccccc2)c(C)c1CNC(=O)c1cc(-c2ccco2)on1. The zero-order valence-corrected chi connectivity index (χ0v) is 15.7. The highest BCUT2D eigenvalue weighted by Crippen LogP contribution is 2.21. The van der Waals surface area contributed by atoms with Crippen molar-refractivity contribution in [2.75, 3.05) is 0 Å². The lowest BCUT2D eigenvalue weighted by molar-refractivity contribution is 0.0942. The summed E-state index contributed by atoms with van der Waals surface area (Å²) < 4.78 is 12.4. The van der Waals surface area contributed by atoms with E-state index in [1.54, 1.807) is 18.2 Å². The molecule has 3 aromatic heterocycles. The molecule has 0 saturated heterocycles. The van der Waals surface area contributed by atoms with Crippen molar-refractivity contribution in [3.05, 3.63) is 83.0 Å². The summed E-state index contributed by atoms with van der Waals surface area (Å²) >= 11 is 0. The Labute approximate surface area is 162 Å². The summed E-state index contributed by atoms with van der Waals surface area (Å²) in [5, 5.41) is 11.3. The molecule has 1 amide bonds. The Bertz CT molecular complexity index is 1080. The van der Waals surface area contributed by atoms with Gasteiger partial charge in [0.15, 0.2) is 11.5 Å². The van der Waals surface area contributed by atoms with Crippen LogP contribution >= 0.6 is 0 Å². The lowest BCUT2D eigenvalue weighted by atomic mass is 10.2. The van der Waals surface area contributed by atoms with E-state index in [0.29, 0.717) is 24.6 Å². The maximum atomic E-state index is 12.4. The predicted molar refractivity (Wildman–Crippen MR) is 103 cm³/mol. The summed E-state index contributed by atoms with van der Waals surface area (Å²) in [6.07, 6.45) is 1.54. The maximum absolute atomic E-state index is 12.4. The fraction of sp³-hybridized carbons (Fsp3) is 0.190. The van der Waals surface area contributed by atoms with Crippen LogP contribution in [0.4, 0.5) is 0 Å². The van der Waals surface area contributed by atoms with E-state index in [4.69, 9.17) is 8.94 Å². The molecule has 7 nitrogen and oxygen atoms in total. The van der Waals surface area contributed by atoms with Gasteiger partial charge in [-0.25, -0.2) is 0 Å². The standard InChI is InChI=1S/C21H20N4O3/c1-14-17(15(2)25(23-14)13-16-7-4-3-5-8-16)12-22-21(26)18-11-20(28-24-18)19-9-6-10-27-19/h3-11H,12-13H2,1-2H3,(H,22,26). The third-order valence-corrected chi connectivity index (χ3v) is 4.64. The summed E-state index contributed by atoms with van der Waals surface area (Å²) in [5.41, 5.74) is 4.30. The number of amides is 1. The number of carbonyl (C=O) groups excluding carboxylic acids is 1. The molecule has 1 N–H and O–H groups in total. The summed E-state index contributed by atoms with van der Waals surface area (Å²) in [5.74, 6) is 0.634. The zero-order chi connectivity index (χ0) is 19.5. The normalized spacial score (nSPS) is 10.9. The molecule has 3 heterocycles. The molecule has 0 aliphatic rings. The lowest BCUT2D eigenvalue weighted by Gasteiger charge is -2.06. The Morgan fingerprint density at radius 3 is 2.68 bits per heavy atom. The van der Waals surface area contributed by atoms with Gasteiger partial charge in [-0.2, -0.15) is 5.10 Å². The van der Waals surface area contributed by atoms with Crippen molar-refractivity contribution in [1.82, 2.24) is 20.3 Å². The van der Waals surface area contributed by atoms with Crippen molar-refractivity contribution < 1.29 is 13.7 Å². The van der Waals surface area contributed by atoms with Crippen LogP contribution in [-0.4, -0.2) is 20.8 Å². The molecular weight excluding hydrogens is 356 g/mol. The maximum Gasteiger partial charge on any atom is 0.273 e. The van der Waals surface area contributed by atoms with Crippen LogP contribution in [0.1, 0.15) is 33.0 Å². The third kappa shape index (κ3) is 3.59. The van der Waals surface area contributed by atoms with E-state index >= 15 is 0 Å². The van der Waals surface area contributed by atoms with Crippen molar-refractivity contribution in [2.45, 2.75) is 26.9 Å². The van der Waals surface area contributed by atoms with Gasteiger partial charge in [0.1, 0.15) is 0 Å². The molecular formula is C21H20N4O3. The first-order chi connectivity index (χ1) is 13.6. The number of nitrogens with one attached hydrogen (secondary N) is 1. The number of rotatable bonds is 6. The number of benzene rings is 1. The molecule has 0 spiro atoms. The number of aryl methyl sites for hydroxylation is 1. The second kappa shape index (κ2) is 7.56. The summed E-state index contributed by atoms with van der Waals surface area (Å²) in [4.78, 5) is 12.4. The van der Waals surface area contributed by atoms with Gasteiger partial charge < -0.3 is 14.3 Å². The van der Waals surface area contributed by atoms with Crippen molar-refractivity contribution in [3.63, 3.8) is 0 Å². The Morgan fingerprint density at radius 2 is 1.93 bits per heavy atom. The zero-order valence-electron chi connectivity index (χ0n) is 15.7. The molecule has 28 heavy (non-hydrogen) atoms. The number of nitrogens with zero attached hydrogens (tertiary/aromatic N) is 3. The van der Waals surface area contributed by atoms with Crippen molar-refractivity contribution in [2.24, 2.45) is 0 Å². The van der Waals surface area contributed by atoms with Crippen LogP contribution in [0.5, 0.6) is 0 Å². The number of furan rings is 1. The molecule has 0 fully saturated rings. The van der Waals surface area contributed by atoms with Gasteiger partial charge in [0.05, 0.1) is 18.5 Å². The molecule has 0 bridgehead atoms. The second-order valence-corrected chi connectivity index (χ2v) is 6.53. The topological polar surface area (TPSA) is 86.1 Å². The van der Waals surface area contributed by atoms with E-state index in [1.165, 1.54) is 11.8 Å². The van der Waals surface area contributed by atoms with E-state index in [1.807, 2.05) is 36.7 Å². The van der Waals surface area contributed by atoms with Crippen molar-refractivity contribution in [3.8, 4) is 11.5 Å². The first-order valence-corrected chi connectivity index (χ1v) is 8.97. The Balaban J connectivity index is 1.44. The van der Waals surface area contributed by atoms with Crippen LogP contribution in [0.2, 0.25) is 0 Å². The van der Waals surface area contributed by atoms with Crippen molar-refractivity contribution in [1.29, 1.82) is 0 Å². The molecule has 0 saturated carbocycles. The van der Waals surface area contributed by atoms with E-state index in [2.05, 4.69) is 27.7 Å². The average molecular weight is 376 g/mol. The van der Waals surface area contributed by atoms with Gasteiger partial charge in [-0.3, -0.25) is 9.48 Å². The quantitative estimate of drug-likeness (QED) is 0.554. The molecule has 0 aliphatic carbocycles. The number of aromatic nitrogens is 3. The van der Waals surface area contributed by atoms with Gasteiger partial charge in [0.2, 0.25) is 5.76 Å². The molecule has 142 valence electrons. The lowest BCUT2D eigenvalue weighted by Crippen LogP contribution is -2.23. The Hall–Kier alpha value is -3.61. The number of carbonyl (C=O) groups is 1. The molecule has 4 rings (SSSR count). The summed E-state index contributed by atoms with van der Waals surface area (Å²) in [6, 6.07) is 15.2. The Kier molecular flexibility index (Phi) is 4.80. The van der Waals surface area contributed by atoms with Crippen LogP contribution in [0.3, 0.4) is 0 Å². The van der Waals surface area contributed by atoms with Crippen LogP contribution in [-0.2, 0) is 13.1 Å². The average Bonchev–Trinajstić information content (AvgIpc) is 3.43. The first kappa shape index (κ1) is 17.8.